The van der Waals surface area contributed by atoms with Crippen molar-refractivity contribution in [2.24, 2.45) is 11.3 Å². The van der Waals surface area contributed by atoms with Gasteiger partial charge in [-0.15, -0.1) is 0 Å². The van der Waals surface area contributed by atoms with Gasteiger partial charge < -0.3 is 0 Å². The highest BCUT2D eigenvalue weighted by atomic mass is 16.2. The smallest absolute Gasteiger partial charge is 0.235 e. The van der Waals surface area contributed by atoms with Crippen LogP contribution < -0.4 is 11.3 Å². The number of amides is 3. The van der Waals surface area contributed by atoms with Crippen LogP contribution in [0, 0.1) is 5.41 Å². The number of imide groups is 1. The van der Waals surface area contributed by atoms with Gasteiger partial charge in [0.15, 0.2) is 0 Å². The van der Waals surface area contributed by atoms with Crippen molar-refractivity contribution in [3.05, 3.63) is 0 Å². The number of carbonyl (C=O) groups is 3. The number of carbonyl (C=O) groups excluding carboxylic acids is 3. The molecule has 1 saturated heterocycles. The van der Waals surface area contributed by atoms with Crippen LogP contribution in [0.25, 0.3) is 0 Å². The molecule has 0 unspecified atom stereocenters. The minimum Gasteiger partial charge on any atom is -0.294 e. The molecule has 96 valence electrons. The summed E-state index contributed by atoms with van der Waals surface area (Å²) >= 11 is 0. The van der Waals surface area contributed by atoms with Crippen LogP contribution in [0.15, 0.2) is 0 Å². The Morgan fingerprint density at radius 1 is 1.41 bits per heavy atom. The number of hydrogen-bond acceptors (Lipinski definition) is 4. The van der Waals surface area contributed by atoms with Gasteiger partial charge >= 0.3 is 0 Å². The van der Waals surface area contributed by atoms with Gasteiger partial charge in [-0.2, -0.15) is 0 Å². The topological polar surface area (TPSA) is 92.5 Å². The van der Waals surface area contributed by atoms with Crippen molar-refractivity contribution in [1.29, 1.82) is 0 Å². The van der Waals surface area contributed by atoms with Crippen molar-refractivity contribution in [3.63, 3.8) is 0 Å². The molecular weight excluding hydrogens is 222 g/mol. The second-order valence-electron chi connectivity index (χ2n) is 4.94. The first-order chi connectivity index (χ1) is 7.88. The van der Waals surface area contributed by atoms with E-state index in [1.54, 1.807) is 13.8 Å². The molecule has 1 fully saturated rings. The van der Waals surface area contributed by atoms with Crippen LogP contribution in [0.3, 0.4) is 0 Å². The summed E-state index contributed by atoms with van der Waals surface area (Å²) in [7, 11) is 0. The third-order valence-electron chi connectivity index (χ3n) is 2.91. The van der Waals surface area contributed by atoms with Gasteiger partial charge in [-0.1, -0.05) is 13.8 Å². The first-order valence-electron chi connectivity index (χ1n) is 5.73. The van der Waals surface area contributed by atoms with Crippen molar-refractivity contribution in [2.45, 2.75) is 39.5 Å². The second-order valence-corrected chi connectivity index (χ2v) is 4.94. The lowest BCUT2D eigenvalue weighted by atomic mass is 9.92. The molecule has 0 aliphatic carbocycles. The number of likely N-dealkylation sites (tertiary alicyclic amines) is 1. The molecule has 0 bridgehead atoms. The molecule has 1 rings (SSSR count). The maximum Gasteiger partial charge on any atom is 0.235 e. The second kappa shape index (κ2) is 5.27. The van der Waals surface area contributed by atoms with E-state index in [1.807, 2.05) is 5.43 Å². The van der Waals surface area contributed by atoms with E-state index in [9.17, 15) is 14.4 Å². The number of hydrogen-bond donors (Lipinski definition) is 2. The summed E-state index contributed by atoms with van der Waals surface area (Å²) < 4.78 is 0. The summed E-state index contributed by atoms with van der Waals surface area (Å²) in [5, 5.41) is 0. The number of rotatable bonds is 5. The van der Waals surface area contributed by atoms with Crippen molar-refractivity contribution in [2.75, 3.05) is 6.54 Å². The molecule has 1 aliphatic heterocycles. The zero-order chi connectivity index (χ0) is 13.1. The van der Waals surface area contributed by atoms with Crippen molar-refractivity contribution in [1.82, 2.24) is 10.3 Å². The molecule has 1 heterocycles. The molecule has 3 N–H and O–H groups in total. The fourth-order valence-corrected chi connectivity index (χ4v) is 1.88. The van der Waals surface area contributed by atoms with E-state index < -0.39 is 5.41 Å². The molecule has 0 saturated carbocycles. The highest BCUT2D eigenvalue weighted by Gasteiger charge is 2.44. The number of hydrazine groups is 1. The Bertz CT molecular complexity index is 339. The number of nitrogens with two attached hydrogens (primary N) is 1. The molecule has 6 nitrogen and oxygen atoms in total. The zero-order valence-corrected chi connectivity index (χ0v) is 10.3. The summed E-state index contributed by atoms with van der Waals surface area (Å²) in [4.78, 5) is 35.6. The normalized spacial score (nSPS) is 18.6. The Kier molecular flexibility index (Phi) is 4.22. The van der Waals surface area contributed by atoms with E-state index in [4.69, 9.17) is 5.84 Å². The van der Waals surface area contributed by atoms with E-state index in [2.05, 4.69) is 0 Å². The molecule has 0 atom stereocenters. The van der Waals surface area contributed by atoms with Crippen LogP contribution >= 0.6 is 0 Å². The van der Waals surface area contributed by atoms with Crippen molar-refractivity contribution < 1.29 is 14.4 Å². The monoisotopic (exact) mass is 241 g/mol. The Labute approximate surface area is 100 Å². The number of unbranched alkanes of at least 4 members (excludes halogenated alkanes) is 1. The summed E-state index contributed by atoms with van der Waals surface area (Å²) in [6.45, 7) is 3.93. The molecule has 1 aliphatic rings. The van der Waals surface area contributed by atoms with Crippen molar-refractivity contribution >= 4 is 17.7 Å². The van der Waals surface area contributed by atoms with Gasteiger partial charge in [0.25, 0.3) is 0 Å². The molecule has 17 heavy (non-hydrogen) atoms. The predicted molar refractivity (Wildman–Crippen MR) is 61.3 cm³/mol. The van der Waals surface area contributed by atoms with Crippen LogP contribution in [-0.4, -0.2) is 29.2 Å². The van der Waals surface area contributed by atoms with Crippen LogP contribution in [-0.2, 0) is 14.4 Å². The molecule has 0 radical (unpaired) electrons. The van der Waals surface area contributed by atoms with E-state index in [1.165, 1.54) is 4.90 Å². The summed E-state index contributed by atoms with van der Waals surface area (Å²) in [5.74, 6) is 4.46. The first kappa shape index (κ1) is 13.6. The molecule has 3 amide bonds. The highest BCUT2D eigenvalue weighted by Crippen LogP contribution is 2.31. The van der Waals surface area contributed by atoms with E-state index in [-0.39, 0.29) is 24.1 Å². The molecule has 0 aromatic carbocycles. The standard InChI is InChI=1S/C11H19N3O3/c1-11(2)7-9(16)14(10(11)17)6-4-3-5-8(15)13-12/h3-7,12H2,1-2H3,(H,13,15). The molecular formula is C11H19N3O3. The van der Waals surface area contributed by atoms with Crippen LogP contribution in [0.5, 0.6) is 0 Å². The summed E-state index contributed by atoms with van der Waals surface area (Å²) in [6, 6.07) is 0. The predicted octanol–water partition coefficient (Wildman–Crippen LogP) is -0.0683. The largest absolute Gasteiger partial charge is 0.294 e. The van der Waals surface area contributed by atoms with Gasteiger partial charge in [-0.3, -0.25) is 24.7 Å². The number of nitrogens with one attached hydrogen (secondary N) is 1. The van der Waals surface area contributed by atoms with E-state index in [0.29, 0.717) is 25.8 Å². The molecule has 0 aromatic heterocycles. The van der Waals surface area contributed by atoms with Crippen LogP contribution in [0.4, 0.5) is 0 Å². The van der Waals surface area contributed by atoms with Gasteiger partial charge in [-0.05, 0) is 12.8 Å². The third-order valence-corrected chi connectivity index (χ3v) is 2.91. The fraction of sp³-hybridized carbons (Fsp3) is 0.727. The lowest BCUT2D eigenvalue weighted by Gasteiger charge is -2.17. The quantitative estimate of drug-likeness (QED) is 0.232. The van der Waals surface area contributed by atoms with Crippen molar-refractivity contribution in [3.8, 4) is 0 Å². The number of nitrogens with zero attached hydrogens (tertiary/aromatic N) is 1. The molecule has 0 aromatic rings. The minimum atomic E-state index is -0.578. The van der Waals surface area contributed by atoms with E-state index in [0.717, 1.165) is 0 Å². The minimum absolute atomic E-state index is 0.120. The average Bonchev–Trinajstić information content (AvgIpc) is 2.45. The lowest BCUT2D eigenvalue weighted by Crippen LogP contribution is -2.34. The first-order valence-corrected chi connectivity index (χ1v) is 5.73. The lowest BCUT2D eigenvalue weighted by molar-refractivity contribution is -0.140. The van der Waals surface area contributed by atoms with Gasteiger partial charge in [0.05, 0.1) is 5.41 Å². The maximum atomic E-state index is 11.8. The Balaban J connectivity index is 2.35. The zero-order valence-electron chi connectivity index (χ0n) is 10.3. The van der Waals surface area contributed by atoms with Gasteiger partial charge in [0.1, 0.15) is 0 Å². The van der Waals surface area contributed by atoms with E-state index >= 15 is 0 Å². The van der Waals surface area contributed by atoms with Gasteiger partial charge in [0, 0.05) is 19.4 Å². The summed E-state index contributed by atoms with van der Waals surface area (Å²) in [6.07, 6.45) is 1.83. The fourth-order valence-electron chi connectivity index (χ4n) is 1.88. The van der Waals surface area contributed by atoms with Crippen LogP contribution in [0.2, 0.25) is 0 Å². The Hall–Kier alpha value is -1.43. The average molecular weight is 241 g/mol. The maximum absolute atomic E-state index is 11.8. The third kappa shape index (κ3) is 3.26. The summed E-state index contributed by atoms with van der Waals surface area (Å²) in [5.41, 5.74) is 1.46. The van der Waals surface area contributed by atoms with Gasteiger partial charge in [0.2, 0.25) is 17.7 Å². The highest BCUT2D eigenvalue weighted by molar-refractivity contribution is 6.05. The van der Waals surface area contributed by atoms with Gasteiger partial charge in [-0.25, -0.2) is 5.84 Å². The molecule has 6 heteroatoms. The Morgan fingerprint density at radius 2 is 2.06 bits per heavy atom. The Morgan fingerprint density at radius 3 is 2.53 bits per heavy atom. The van der Waals surface area contributed by atoms with Crippen LogP contribution in [0.1, 0.15) is 39.5 Å². The SMILES string of the molecule is CC1(C)CC(=O)N(CCCCC(=O)NN)C1=O. The molecule has 0 spiro atoms.